The molecule has 37 heavy (non-hydrogen) atoms. The summed E-state index contributed by atoms with van der Waals surface area (Å²) in [6.45, 7) is 6.80. The molecule has 4 heteroatoms. The van der Waals surface area contributed by atoms with Gasteiger partial charge < -0.3 is 14.2 Å². The fourth-order valence-electron chi connectivity index (χ4n) is 4.80. The van der Waals surface area contributed by atoms with Crippen LogP contribution < -0.4 is 9.47 Å². The molecule has 192 valence electrons. The minimum absolute atomic E-state index is 0.00336. The van der Waals surface area contributed by atoms with Gasteiger partial charge in [0.15, 0.2) is 0 Å². The maximum Gasteiger partial charge on any atom is 0.307 e. The number of benzene rings is 3. The van der Waals surface area contributed by atoms with Crippen molar-refractivity contribution in [3.8, 4) is 34.5 Å². The summed E-state index contributed by atoms with van der Waals surface area (Å²) in [4.78, 5) is 11.8. The summed E-state index contributed by atoms with van der Waals surface area (Å²) in [5.74, 6) is 7.33. The van der Waals surface area contributed by atoms with Crippen molar-refractivity contribution in [2.45, 2.75) is 64.9 Å². The van der Waals surface area contributed by atoms with Crippen molar-refractivity contribution in [1.82, 2.24) is 0 Å². The topological polar surface area (TPSA) is 44.8 Å². The van der Waals surface area contributed by atoms with E-state index in [4.69, 9.17) is 14.2 Å². The predicted molar refractivity (Wildman–Crippen MR) is 148 cm³/mol. The third kappa shape index (κ3) is 6.54. The number of fused-ring (bicyclic) bond motifs is 1. The van der Waals surface area contributed by atoms with E-state index < -0.39 is 0 Å². The zero-order valence-corrected chi connectivity index (χ0v) is 22.3. The SMILES string of the molecule is CC#CC(CC(=O)OC)c1ccc(OC2CCc3ccc(-c4cc(C)ccc4OCCCC)cc32)cc1. The van der Waals surface area contributed by atoms with Gasteiger partial charge in [-0.2, -0.15) is 0 Å². The number of hydrogen-bond donors (Lipinski definition) is 0. The number of carbonyl (C=O) groups excluding carboxylic acids is 1. The lowest BCUT2D eigenvalue weighted by atomic mass is 9.96. The molecule has 4 rings (SSSR count). The average molecular weight is 497 g/mol. The largest absolute Gasteiger partial charge is 0.493 e. The molecule has 0 fully saturated rings. The van der Waals surface area contributed by atoms with Crippen LogP contribution in [0.25, 0.3) is 11.1 Å². The van der Waals surface area contributed by atoms with E-state index >= 15 is 0 Å². The minimum Gasteiger partial charge on any atom is -0.493 e. The van der Waals surface area contributed by atoms with E-state index in [1.54, 1.807) is 6.92 Å². The summed E-state index contributed by atoms with van der Waals surface area (Å²) < 4.78 is 17.4. The Morgan fingerprint density at radius 3 is 2.62 bits per heavy atom. The Kier molecular flexibility index (Phi) is 8.90. The van der Waals surface area contributed by atoms with E-state index in [0.29, 0.717) is 0 Å². The highest BCUT2D eigenvalue weighted by Crippen LogP contribution is 2.40. The second kappa shape index (κ2) is 12.5. The van der Waals surface area contributed by atoms with Crippen LogP contribution in [0.1, 0.15) is 73.8 Å². The Morgan fingerprint density at radius 2 is 1.89 bits per heavy atom. The summed E-state index contributed by atoms with van der Waals surface area (Å²) in [6.07, 6.45) is 4.33. The third-order valence-electron chi connectivity index (χ3n) is 6.85. The van der Waals surface area contributed by atoms with Crippen LogP contribution in [0.5, 0.6) is 11.5 Å². The maximum atomic E-state index is 11.8. The number of esters is 1. The molecule has 1 aliphatic rings. The van der Waals surface area contributed by atoms with E-state index in [1.165, 1.54) is 23.8 Å². The number of aryl methyl sites for hydroxylation is 2. The summed E-state index contributed by atoms with van der Waals surface area (Å²) in [5.41, 5.74) is 7.05. The minimum atomic E-state index is -0.265. The van der Waals surface area contributed by atoms with Crippen LogP contribution in [-0.4, -0.2) is 19.7 Å². The summed E-state index contributed by atoms with van der Waals surface area (Å²) >= 11 is 0. The molecule has 0 heterocycles. The van der Waals surface area contributed by atoms with Crippen LogP contribution in [0, 0.1) is 18.8 Å². The highest BCUT2D eigenvalue weighted by atomic mass is 16.5. The Bertz CT molecular complexity index is 1280. The molecule has 0 amide bonds. The summed E-state index contributed by atoms with van der Waals surface area (Å²) in [7, 11) is 1.40. The Hall–Kier alpha value is -3.71. The third-order valence-corrected chi connectivity index (χ3v) is 6.85. The standard InChI is InChI=1S/C33H36O4/c1-5-7-19-36-31-17-9-23(3)20-29(31)27-11-10-25-14-18-32(30(25)21-27)37-28-15-12-24(13-16-28)26(8-6-2)22-33(34)35-4/h9-13,15-17,20-21,26,32H,5,7,14,18-19,22H2,1-4H3. The zero-order valence-electron chi connectivity index (χ0n) is 22.3. The van der Waals surface area contributed by atoms with E-state index in [-0.39, 0.29) is 24.4 Å². The molecular formula is C33H36O4. The van der Waals surface area contributed by atoms with Crippen LogP contribution >= 0.6 is 0 Å². The molecule has 0 radical (unpaired) electrons. The maximum absolute atomic E-state index is 11.8. The van der Waals surface area contributed by atoms with Gasteiger partial charge in [0.05, 0.1) is 26.1 Å². The molecule has 0 aliphatic heterocycles. The summed E-state index contributed by atoms with van der Waals surface area (Å²) in [6, 6.07) is 21.0. The van der Waals surface area contributed by atoms with Gasteiger partial charge in [0.1, 0.15) is 17.6 Å². The summed E-state index contributed by atoms with van der Waals surface area (Å²) in [5, 5.41) is 0. The molecule has 0 bridgehead atoms. The van der Waals surface area contributed by atoms with Crippen molar-refractivity contribution in [2.75, 3.05) is 13.7 Å². The van der Waals surface area contributed by atoms with Gasteiger partial charge in [0.2, 0.25) is 0 Å². The second-order valence-corrected chi connectivity index (χ2v) is 9.56. The molecule has 2 atom stereocenters. The molecule has 0 spiro atoms. The van der Waals surface area contributed by atoms with Crippen molar-refractivity contribution in [2.24, 2.45) is 0 Å². The van der Waals surface area contributed by atoms with Gasteiger partial charge >= 0.3 is 5.97 Å². The first kappa shape index (κ1) is 26.4. The number of ether oxygens (including phenoxy) is 3. The van der Waals surface area contributed by atoms with Gasteiger partial charge in [-0.1, -0.05) is 55.2 Å². The van der Waals surface area contributed by atoms with Crippen molar-refractivity contribution in [3.63, 3.8) is 0 Å². The van der Waals surface area contributed by atoms with E-state index in [2.05, 4.69) is 62.1 Å². The fourth-order valence-corrected chi connectivity index (χ4v) is 4.80. The molecule has 0 N–H and O–H groups in total. The van der Waals surface area contributed by atoms with Crippen molar-refractivity contribution < 1.29 is 19.0 Å². The molecular weight excluding hydrogens is 460 g/mol. The Labute approximate surface area is 221 Å². The van der Waals surface area contributed by atoms with Crippen molar-refractivity contribution in [1.29, 1.82) is 0 Å². The molecule has 3 aromatic rings. The van der Waals surface area contributed by atoms with Crippen LogP contribution in [-0.2, 0) is 16.0 Å². The average Bonchev–Trinajstić information content (AvgIpc) is 3.31. The fraction of sp³-hybridized carbons (Fsp3) is 0.364. The number of unbranched alkanes of at least 4 members (excludes halogenated alkanes) is 1. The van der Waals surface area contributed by atoms with Gasteiger partial charge in [-0.15, -0.1) is 5.92 Å². The van der Waals surface area contributed by atoms with Crippen LogP contribution in [0.2, 0.25) is 0 Å². The number of rotatable bonds is 10. The van der Waals surface area contributed by atoms with Crippen LogP contribution in [0.3, 0.4) is 0 Å². The van der Waals surface area contributed by atoms with Gasteiger partial charge in [-0.3, -0.25) is 4.79 Å². The molecule has 4 nitrogen and oxygen atoms in total. The molecule has 0 saturated heterocycles. The predicted octanol–water partition coefficient (Wildman–Crippen LogP) is 7.58. The molecule has 0 aromatic heterocycles. The highest BCUT2D eigenvalue weighted by Gasteiger charge is 2.25. The quantitative estimate of drug-likeness (QED) is 0.165. The van der Waals surface area contributed by atoms with Crippen molar-refractivity contribution >= 4 is 5.97 Å². The smallest absolute Gasteiger partial charge is 0.307 e. The van der Waals surface area contributed by atoms with Crippen molar-refractivity contribution in [3.05, 3.63) is 82.9 Å². The molecule has 3 aromatic carbocycles. The van der Waals surface area contributed by atoms with Gasteiger partial charge in [-0.25, -0.2) is 0 Å². The number of methoxy groups -OCH3 is 1. The highest BCUT2D eigenvalue weighted by molar-refractivity contribution is 5.73. The monoisotopic (exact) mass is 496 g/mol. The first-order valence-electron chi connectivity index (χ1n) is 13.1. The van der Waals surface area contributed by atoms with Gasteiger partial charge in [-0.05, 0) is 85.7 Å². The van der Waals surface area contributed by atoms with E-state index in [0.717, 1.165) is 60.5 Å². The lowest BCUT2D eigenvalue weighted by Crippen LogP contribution is -2.08. The first-order valence-corrected chi connectivity index (χ1v) is 13.1. The zero-order chi connectivity index (χ0) is 26.2. The van der Waals surface area contributed by atoms with Crippen LogP contribution in [0.15, 0.2) is 60.7 Å². The van der Waals surface area contributed by atoms with Crippen LogP contribution in [0.4, 0.5) is 0 Å². The Balaban J connectivity index is 1.54. The van der Waals surface area contributed by atoms with E-state index in [9.17, 15) is 4.79 Å². The van der Waals surface area contributed by atoms with Gasteiger partial charge in [0.25, 0.3) is 0 Å². The molecule has 2 unspecified atom stereocenters. The van der Waals surface area contributed by atoms with E-state index in [1.807, 2.05) is 24.3 Å². The molecule has 1 aliphatic carbocycles. The molecule has 0 saturated carbocycles. The number of hydrogen-bond acceptors (Lipinski definition) is 4. The lowest BCUT2D eigenvalue weighted by molar-refractivity contribution is -0.140. The second-order valence-electron chi connectivity index (χ2n) is 9.56. The lowest BCUT2D eigenvalue weighted by Gasteiger charge is -2.18. The number of carbonyl (C=O) groups is 1. The van der Waals surface area contributed by atoms with Gasteiger partial charge in [0, 0.05) is 5.56 Å². The first-order chi connectivity index (χ1) is 18.0. The Morgan fingerprint density at radius 1 is 1.08 bits per heavy atom. The normalized spacial score (nSPS) is 14.8.